The second-order valence-corrected chi connectivity index (χ2v) is 5.03. The summed E-state index contributed by atoms with van der Waals surface area (Å²) in [6.07, 6.45) is 0.963. The predicted octanol–water partition coefficient (Wildman–Crippen LogP) is 2.28. The Labute approximate surface area is 101 Å². The van der Waals surface area contributed by atoms with Gasteiger partial charge in [0.1, 0.15) is 0 Å². The molecule has 1 unspecified atom stereocenters. The fourth-order valence-corrected chi connectivity index (χ4v) is 2.09. The maximum atomic E-state index is 11.6. The SMILES string of the molecule is CCCNC(=O)C(C)Sc1ccc(N)cc1. The average Bonchev–Trinajstić information content (AvgIpc) is 2.29. The van der Waals surface area contributed by atoms with Crippen LogP contribution in [-0.4, -0.2) is 17.7 Å². The van der Waals surface area contributed by atoms with Gasteiger partial charge in [-0.25, -0.2) is 0 Å². The van der Waals surface area contributed by atoms with Crippen molar-refractivity contribution in [1.82, 2.24) is 5.32 Å². The normalized spacial score (nSPS) is 12.1. The number of nitrogens with one attached hydrogen (secondary N) is 1. The minimum atomic E-state index is -0.0739. The highest BCUT2D eigenvalue weighted by Gasteiger charge is 2.13. The molecule has 0 heterocycles. The van der Waals surface area contributed by atoms with Crippen LogP contribution in [-0.2, 0) is 4.79 Å². The summed E-state index contributed by atoms with van der Waals surface area (Å²) in [6.45, 7) is 4.69. The van der Waals surface area contributed by atoms with Gasteiger partial charge in [0.05, 0.1) is 5.25 Å². The molecule has 88 valence electrons. The molecule has 0 aliphatic rings. The molecule has 0 aliphatic carbocycles. The predicted molar refractivity (Wildman–Crippen MR) is 69.5 cm³/mol. The summed E-state index contributed by atoms with van der Waals surface area (Å²) >= 11 is 1.54. The molecule has 0 radical (unpaired) electrons. The molecule has 3 N–H and O–H groups in total. The quantitative estimate of drug-likeness (QED) is 0.611. The number of hydrogen-bond donors (Lipinski definition) is 2. The Bertz CT molecular complexity index is 337. The van der Waals surface area contributed by atoms with Gasteiger partial charge in [-0.05, 0) is 37.6 Å². The molecule has 1 atom stereocenters. The van der Waals surface area contributed by atoms with E-state index in [9.17, 15) is 4.79 Å². The van der Waals surface area contributed by atoms with Gasteiger partial charge in [-0.1, -0.05) is 6.92 Å². The third-order valence-corrected chi connectivity index (χ3v) is 3.22. The molecule has 1 amide bonds. The molecule has 0 aromatic heterocycles. The zero-order valence-electron chi connectivity index (χ0n) is 9.69. The number of nitrogens with two attached hydrogens (primary N) is 1. The number of hydrogen-bond acceptors (Lipinski definition) is 3. The van der Waals surface area contributed by atoms with Crippen molar-refractivity contribution in [2.75, 3.05) is 12.3 Å². The summed E-state index contributed by atoms with van der Waals surface area (Å²) in [4.78, 5) is 12.7. The topological polar surface area (TPSA) is 55.1 Å². The number of carbonyl (C=O) groups is 1. The smallest absolute Gasteiger partial charge is 0.233 e. The van der Waals surface area contributed by atoms with E-state index in [4.69, 9.17) is 5.73 Å². The maximum Gasteiger partial charge on any atom is 0.233 e. The molecule has 0 saturated carbocycles. The Balaban J connectivity index is 2.47. The fourth-order valence-electron chi connectivity index (χ4n) is 1.20. The van der Waals surface area contributed by atoms with Crippen molar-refractivity contribution < 1.29 is 4.79 Å². The number of benzene rings is 1. The number of amides is 1. The second kappa shape index (κ2) is 6.43. The lowest BCUT2D eigenvalue weighted by Crippen LogP contribution is -2.31. The Morgan fingerprint density at radius 2 is 2.06 bits per heavy atom. The van der Waals surface area contributed by atoms with Crippen LogP contribution >= 0.6 is 11.8 Å². The van der Waals surface area contributed by atoms with E-state index in [1.54, 1.807) is 11.8 Å². The Hall–Kier alpha value is -1.16. The number of thioether (sulfide) groups is 1. The van der Waals surface area contributed by atoms with E-state index in [0.717, 1.165) is 23.5 Å². The first kappa shape index (κ1) is 12.9. The van der Waals surface area contributed by atoms with E-state index in [-0.39, 0.29) is 11.2 Å². The van der Waals surface area contributed by atoms with Gasteiger partial charge in [0.15, 0.2) is 0 Å². The summed E-state index contributed by atoms with van der Waals surface area (Å²) in [5, 5.41) is 2.81. The molecule has 0 saturated heterocycles. The summed E-state index contributed by atoms with van der Waals surface area (Å²) in [5.74, 6) is 0.0867. The average molecular weight is 238 g/mol. The van der Waals surface area contributed by atoms with Gasteiger partial charge in [0.2, 0.25) is 5.91 Å². The lowest BCUT2D eigenvalue weighted by molar-refractivity contribution is -0.120. The first-order valence-electron chi connectivity index (χ1n) is 5.43. The largest absolute Gasteiger partial charge is 0.399 e. The molecule has 1 aromatic carbocycles. The van der Waals surface area contributed by atoms with Gasteiger partial charge in [0, 0.05) is 17.1 Å². The third-order valence-electron chi connectivity index (χ3n) is 2.11. The van der Waals surface area contributed by atoms with Crippen molar-refractivity contribution >= 4 is 23.4 Å². The van der Waals surface area contributed by atoms with Crippen LogP contribution in [0.4, 0.5) is 5.69 Å². The summed E-state index contributed by atoms with van der Waals surface area (Å²) in [6, 6.07) is 7.56. The lowest BCUT2D eigenvalue weighted by atomic mass is 10.3. The Morgan fingerprint density at radius 1 is 1.44 bits per heavy atom. The summed E-state index contributed by atoms with van der Waals surface area (Å²) in [5.41, 5.74) is 6.34. The number of anilines is 1. The van der Waals surface area contributed by atoms with Crippen LogP contribution in [0.3, 0.4) is 0 Å². The zero-order chi connectivity index (χ0) is 12.0. The summed E-state index contributed by atoms with van der Waals surface area (Å²) < 4.78 is 0. The van der Waals surface area contributed by atoms with Gasteiger partial charge in [0.25, 0.3) is 0 Å². The van der Waals surface area contributed by atoms with E-state index in [2.05, 4.69) is 5.32 Å². The Morgan fingerprint density at radius 3 is 2.62 bits per heavy atom. The first-order valence-corrected chi connectivity index (χ1v) is 6.31. The molecular weight excluding hydrogens is 220 g/mol. The van der Waals surface area contributed by atoms with Crippen molar-refractivity contribution in [3.63, 3.8) is 0 Å². The van der Waals surface area contributed by atoms with E-state index in [1.807, 2.05) is 38.1 Å². The maximum absolute atomic E-state index is 11.6. The van der Waals surface area contributed by atoms with Gasteiger partial charge in [-0.15, -0.1) is 11.8 Å². The van der Waals surface area contributed by atoms with Crippen LogP contribution in [0.25, 0.3) is 0 Å². The van der Waals surface area contributed by atoms with Crippen molar-refractivity contribution in [2.45, 2.75) is 30.4 Å². The monoisotopic (exact) mass is 238 g/mol. The van der Waals surface area contributed by atoms with Crippen LogP contribution in [0.15, 0.2) is 29.2 Å². The van der Waals surface area contributed by atoms with Gasteiger partial charge < -0.3 is 11.1 Å². The van der Waals surface area contributed by atoms with E-state index in [0.29, 0.717) is 0 Å². The van der Waals surface area contributed by atoms with E-state index >= 15 is 0 Å². The van der Waals surface area contributed by atoms with Crippen molar-refractivity contribution in [2.24, 2.45) is 0 Å². The minimum Gasteiger partial charge on any atom is -0.399 e. The lowest BCUT2D eigenvalue weighted by Gasteiger charge is -2.11. The van der Waals surface area contributed by atoms with Crippen LogP contribution in [0.1, 0.15) is 20.3 Å². The standard InChI is InChI=1S/C12H18N2OS/c1-3-8-14-12(15)9(2)16-11-6-4-10(13)5-7-11/h4-7,9H,3,8,13H2,1-2H3,(H,14,15). The molecule has 0 bridgehead atoms. The molecule has 1 rings (SSSR count). The zero-order valence-corrected chi connectivity index (χ0v) is 10.5. The van der Waals surface area contributed by atoms with Crippen LogP contribution in [0.5, 0.6) is 0 Å². The summed E-state index contributed by atoms with van der Waals surface area (Å²) in [7, 11) is 0. The number of carbonyl (C=O) groups excluding carboxylic acids is 1. The molecule has 16 heavy (non-hydrogen) atoms. The fraction of sp³-hybridized carbons (Fsp3) is 0.417. The first-order chi connectivity index (χ1) is 7.63. The highest BCUT2D eigenvalue weighted by molar-refractivity contribution is 8.00. The molecule has 0 aliphatic heterocycles. The van der Waals surface area contributed by atoms with Crippen molar-refractivity contribution in [3.05, 3.63) is 24.3 Å². The van der Waals surface area contributed by atoms with Crippen LogP contribution in [0, 0.1) is 0 Å². The van der Waals surface area contributed by atoms with Gasteiger partial charge >= 0.3 is 0 Å². The van der Waals surface area contributed by atoms with Crippen molar-refractivity contribution in [3.8, 4) is 0 Å². The molecule has 3 nitrogen and oxygen atoms in total. The van der Waals surface area contributed by atoms with Crippen LogP contribution < -0.4 is 11.1 Å². The van der Waals surface area contributed by atoms with E-state index < -0.39 is 0 Å². The number of rotatable bonds is 5. The van der Waals surface area contributed by atoms with Gasteiger partial charge in [-0.2, -0.15) is 0 Å². The number of nitrogen functional groups attached to an aromatic ring is 1. The highest BCUT2D eigenvalue weighted by Crippen LogP contribution is 2.23. The highest BCUT2D eigenvalue weighted by atomic mass is 32.2. The molecule has 0 spiro atoms. The molecule has 0 fully saturated rings. The molecule has 1 aromatic rings. The molecular formula is C12H18N2OS. The van der Waals surface area contributed by atoms with Crippen molar-refractivity contribution in [1.29, 1.82) is 0 Å². The minimum absolute atomic E-state index is 0.0739. The molecule has 4 heteroatoms. The van der Waals surface area contributed by atoms with Crippen LogP contribution in [0.2, 0.25) is 0 Å². The van der Waals surface area contributed by atoms with Gasteiger partial charge in [-0.3, -0.25) is 4.79 Å². The Kier molecular flexibility index (Phi) is 5.19. The second-order valence-electron chi connectivity index (χ2n) is 3.62. The van der Waals surface area contributed by atoms with E-state index in [1.165, 1.54) is 0 Å². The third kappa shape index (κ3) is 4.14.